The number of hydrogen-bond acceptors (Lipinski definition) is 5. The molecule has 2 rings (SSSR count). The van der Waals surface area contributed by atoms with Gasteiger partial charge in [0.15, 0.2) is 0 Å². The van der Waals surface area contributed by atoms with Crippen LogP contribution in [0.4, 0.5) is 0 Å². The summed E-state index contributed by atoms with van der Waals surface area (Å²) in [6.07, 6.45) is 1.34. The first kappa shape index (κ1) is 13.1. The van der Waals surface area contributed by atoms with E-state index in [1.807, 2.05) is 0 Å². The van der Waals surface area contributed by atoms with Crippen molar-refractivity contribution in [2.75, 3.05) is 0 Å². The molecule has 0 aliphatic carbocycles. The van der Waals surface area contributed by atoms with E-state index in [0.717, 1.165) is 11.1 Å². The zero-order chi connectivity index (χ0) is 13.2. The molecule has 0 saturated carbocycles. The molecule has 0 saturated heterocycles. The summed E-state index contributed by atoms with van der Waals surface area (Å²) in [6, 6.07) is 6.30. The number of hydrogen-bond donors (Lipinski definition) is 1. The van der Waals surface area contributed by atoms with Gasteiger partial charge < -0.3 is 0 Å². The Hall–Kier alpha value is -1.34. The number of aromatic nitrogens is 4. The summed E-state index contributed by atoms with van der Waals surface area (Å²) in [5, 5.41) is 15.7. The van der Waals surface area contributed by atoms with E-state index < -0.39 is 13.3 Å². The molecule has 0 unspecified atom stereocenters. The van der Waals surface area contributed by atoms with Crippen molar-refractivity contribution in [3.63, 3.8) is 0 Å². The predicted octanol–water partition coefficient (Wildman–Crippen LogP) is 0.937. The van der Waals surface area contributed by atoms with Crippen LogP contribution in [-0.2, 0) is 6.54 Å². The summed E-state index contributed by atoms with van der Waals surface area (Å²) in [5.41, 5.74) is 7.81. The first-order valence-electron chi connectivity index (χ1n) is 5.86. The molecule has 0 aliphatic heterocycles. The molecule has 0 spiro atoms. The zero-order valence-corrected chi connectivity index (χ0v) is 13.0. The molecular weight excluding hydrogens is 287 g/mol. The second-order valence-corrected chi connectivity index (χ2v) is 15.8. The van der Waals surface area contributed by atoms with Crippen molar-refractivity contribution in [3.8, 4) is 11.4 Å². The average molecular weight is 304 g/mol. The second-order valence-electron chi connectivity index (χ2n) is 5.20. The molecular formula is C12H17GeN5. The normalized spacial score (nSPS) is 11.6. The van der Waals surface area contributed by atoms with Gasteiger partial charge in [0.2, 0.25) is 0 Å². The van der Waals surface area contributed by atoms with Crippen LogP contribution in [0.15, 0.2) is 24.5 Å². The van der Waals surface area contributed by atoms with E-state index in [9.17, 15) is 0 Å². The van der Waals surface area contributed by atoms with Crippen molar-refractivity contribution in [1.82, 2.24) is 20.4 Å². The van der Waals surface area contributed by atoms with Gasteiger partial charge in [-0.25, -0.2) is 0 Å². The summed E-state index contributed by atoms with van der Waals surface area (Å²) in [5.74, 6) is 7.60. The summed E-state index contributed by atoms with van der Waals surface area (Å²) in [6.45, 7) is 0.512. The second kappa shape index (κ2) is 5.11. The predicted molar refractivity (Wildman–Crippen MR) is 73.9 cm³/mol. The molecule has 94 valence electrons. The summed E-state index contributed by atoms with van der Waals surface area (Å²) >= 11 is -1.99. The Kier molecular flexibility index (Phi) is 3.72. The van der Waals surface area contributed by atoms with Crippen molar-refractivity contribution >= 4 is 17.7 Å². The van der Waals surface area contributed by atoms with Gasteiger partial charge >= 0.3 is 109 Å². The van der Waals surface area contributed by atoms with Gasteiger partial charge in [0, 0.05) is 0 Å². The van der Waals surface area contributed by atoms with Crippen LogP contribution in [0.2, 0.25) is 17.3 Å². The minimum absolute atomic E-state index is 0.512. The maximum atomic E-state index is 5.70. The van der Waals surface area contributed by atoms with Gasteiger partial charge in [0.05, 0.1) is 0 Å². The fourth-order valence-electron chi connectivity index (χ4n) is 1.87. The molecule has 0 radical (unpaired) electrons. The average Bonchev–Trinajstić information content (AvgIpc) is 2.38. The zero-order valence-electron chi connectivity index (χ0n) is 10.9. The van der Waals surface area contributed by atoms with Gasteiger partial charge in [-0.05, 0) is 0 Å². The topological polar surface area (TPSA) is 77.6 Å². The van der Waals surface area contributed by atoms with Crippen LogP contribution < -0.4 is 10.1 Å². The van der Waals surface area contributed by atoms with E-state index in [1.165, 1.54) is 10.7 Å². The third-order valence-corrected chi connectivity index (χ3v) is 7.08. The van der Waals surface area contributed by atoms with Gasteiger partial charge in [0.25, 0.3) is 0 Å². The van der Waals surface area contributed by atoms with Crippen LogP contribution in [0, 0.1) is 0 Å². The Labute approximate surface area is 109 Å². The summed E-state index contributed by atoms with van der Waals surface area (Å²) in [7, 11) is 0. The SMILES string of the molecule is [CH3][Ge]([CH3])([CH3])[c]1ccc(CN)cc1-c1nncnn1. The Morgan fingerprint density at radius 2 is 1.78 bits per heavy atom. The molecule has 1 heterocycles. The fraction of sp³-hybridized carbons (Fsp3) is 0.333. The van der Waals surface area contributed by atoms with E-state index in [4.69, 9.17) is 5.73 Å². The molecule has 2 N–H and O–H groups in total. The van der Waals surface area contributed by atoms with Gasteiger partial charge in [-0.1, -0.05) is 0 Å². The van der Waals surface area contributed by atoms with E-state index in [1.54, 1.807) is 0 Å². The van der Waals surface area contributed by atoms with Crippen molar-refractivity contribution in [2.24, 2.45) is 5.73 Å². The molecule has 2 aromatic rings. The van der Waals surface area contributed by atoms with Crippen LogP contribution in [0.1, 0.15) is 5.56 Å². The molecule has 1 aromatic heterocycles. The van der Waals surface area contributed by atoms with Crippen molar-refractivity contribution in [1.29, 1.82) is 0 Å². The number of benzene rings is 1. The molecule has 0 bridgehead atoms. The van der Waals surface area contributed by atoms with Crippen LogP contribution in [0.3, 0.4) is 0 Å². The Balaban J connectivity index is 2.62. The third-order valence-electron chi connectivity index (χ3n) is 2.78. The molecule has 6 heteroatoms. The number of rotatable bonds is 3. The van der Waals surface area contributed by atoms with Crippen molar-refractivity contribution in [3.05, 3.63) is 30.1 Å². The summed E-state index contributed by atoms with van der Waals surface area (Å²) in [4.78, 5) is 0. The molecule has 1 aromatic carbocycles. The first-order chi connectivity index (χ1) is 8.52. The Morgan fingerprint density at radius 1 is 1.11 bits per heavy atom. The van der Waals surface area contributed by atoms with Crippen LogP contribution in [-0.4, -0.2) is 33.7 Å². The van der Waals surface area contributed by atoms with Crippen LogP contribution in [0.5, 0.6) is 0 Å². The van der Waals surface area contributed by atoms with Crippen LogP contribution in [0.25, 0.3) is 11.4 Å². The van der Waals surface area contributed by atoms with E-state index in [0.29, 0.717) is 12.4 Å². The van der Waals surface area contributed by atoms with E-state index in [2.05, 4.69) is 55.9 Å². The van der Waals surface area contributed by atoms with E-state index in [-0.39, 0.29) is 0 Å². The quantitative estimate of drug-likeness (QED) is 0.854. The molecule has 0 amide bonds. The number of nitrogens with two attached hydrogens (primary N) is 1. The molecule has 18 heavy (non-hydrogen) atoms. The van der Waals surface area contributed by atoms with Gasteiger partial charge in [-0.3, -0.25) is 0 Å². The van der Waals surface area contributed by atoms with Crippen LogP contribution >= 0.6 is 0 Å². The monoisotopic (exact) mass is 305 g/mol. The molecule has 0 aliphatic rings. The van der Waals surface area contributed by atoms with Gasteiger partial charge in [-0.2, -0.15) is 0 Å². The standard InChI is InChI=1S/C12H17GeN5/c1-13(2,3)11-5-4-9(7-14)6-10(11)12-17-15-8-16-18-12/h4-6,8H,7,14H2,1-3H3. The number of nitrogens with zero attached hydrogens (tertiary/aromatic N) is 4. The summed E-state index contributed by atoms with van der Waals surface area (Å²) < 4.78 is 1.35. The van der Waals surface area contributed by atoms with Gasteiger partial charge in [0.1, 0.15) is 0 Å². The maximum absolute atomic E-state index is 5.70. The molecule has 0 fully saturated rings. The Bertz CT molecular complexity index is 536. The van der Waals surface area contributed by atoms with E-state index >= 15 is 0 Å². The third kappa shape index (κ3) is 2.73. The van der Waals surface area contributed by atoms with Crippen molar-refractivity contribution in [2.45, 2.75) is 23.8 Å². The minimum atomic E-state index is -1.99. The van der Waals surface area contributed by atoms with Gasteiger partial charge in [-0.15, -0.1) is 0 Å². The van der Waals surface area contributed by atoms with Crippen molar-refractivity contribution < 1.29 is 0 Å². The molecule has 5 nitrogen and oxygen atoms in total. The first-order valence-corrected chi connectivity index (χ1v) is 13.2. The Morgan fingerprint density at radius 3 is 2.33 bits per heavy atom. The fourth-order valence-corrected chi connectivity index (χ4v) is 5.17. The molecule has 0 atom stereocenters.